The first-order valence-electron chi connectivity index (χ1n) is 6.21. The van der Waals surface area contributed by atoms with Crippen molar-refractivity contribution in [2.24, 2.45) is 0 Å². The molecule has 0 heterocycles. The van der Waals surface area contributed by atoms with Crippen LogP contribution in [-0.2, 0) is 9.59 Å². The number of hydrogen-bond donors (Lipinski definition) is 2. The van der Waals surface area contributed by atoms with E-state index in [1.807, 2.05) is 32.0 Å². The topological polar surface area (TPSA) is 58.2 Å². The van der Waals surface area contributed by atoms with Gasteiger partial charge in [0.25, 0.3) is 0 Å². The van der Waals surface area contributed by atoms with Gasteiger partial charge in [0.15, 0.2) is 0 Å². The minimum absolute atomic E-state index is 0.107. The number of amides is 2. The smallest absolute Gasteiger partial charge is 0.233 e. The van der Waals surface area contributed by atoms with Crippen molar-refractivity contribution in [3.05, 3.63) is 29.3 Å². The zero-order chi connectivity index (χ0) is 13.1. The summed E-state index contributed by atoms with van der Waals surface area (Å²) in [5.74, 6) is -0.456. The van der Waals surface area contributed by atoms with E-state index in [-0.39, 0.29) is 18.2 Å². The number of aryl methyl sites for hydroxylation is 2. The Labute approximate surface area is 107 Å². The molecule has 4 nitrogen and oxygen atoms in total. The van der Waals surface area contributed by atoms with Gasteiger partial charge in [0.1, 0.15) is 6.42 Å². The van der Waals surface area contributed by atoms with E-state index in [4.69, 9.17) is 0 Å². The van der Waals surface area contributed by atoms with Crippen molar-refractivity contribution in [1.82, 2.24) is 5.32 Å². The monoisotopic (exact) mass is 246 g/mol. The number of carbonyl (C=O) groups is 2. The van der Waals surface area contributed by atoms with Gasteiger partial charge in [-0.2, -0.15) is 0 Å². The van der Waals surface area contributed by atoms with Crippen molar-refractivity contribution >= 4 is 17.5 Å². The molecule has 1 aromatic carbocycles. The van der Waals surface area contributed by atoms with Crippen LogP contribution in [0.4, 0.5) is 5.69 Å². The number of nitrogens with one attached hydrogen (secondary N) is 2. The maximum Gasteiger partial charge on any atom is 0.233 e. The molecule has 0 bridgehead atoms. The van der Waals surface area contributed by atoms with Crippen LogP contribution >= 0.6 is 0 Å². The first-order valence-corrected chi connectivity index (χ1v) is 6.21. The van der Waals surface area contributed by atoms with E-state index in [0.29, 0.717) is 6.04 Å². The summed E-state index contributed by atoms with van der Waals surface area (Å²) in [6.07, 6.45) is 1.96. The van der Waals surface area contributed by atoms with E-state index in [9.17, 15) is 9.59 Å². The fraction of sp³-hybridized carbons (Fsp3) is 0.429. The lowest BCUT2D eigenvalue weighted by atomic mass is 10.1. The predicted molar refractivity (Wildman–Crippen MR) is 70.3 cm³/mol. The highest BCUT2D eigenvalue weighted by Crippen LogP contribution is 2.19. The molecular weight excluding hydrogens is 228 g/mol. The quantitative estimate of drug-likeness (QED) is 0.797. The van der Waals surface area contributed by atoms with Gasteiger partial charge in [-0.05, 0) is 43.9 Å². The second-order valence-electron chi connectivity index (χ2n) is 4.89. The molecule has 0 aromatic heterocycles. The van der Waals surface area contributed by atoms with Crippen LogP contribution in [0.2, 0.25) is 0 Å². The summed E-state index contributed by atoms with van der Waals surface area (Å²) in [6.45, 7) is 3.90. The summed E-state index contributed by atoms with van der Waals surface area (Å²) in [5.41, 5.74) is 2.86. The van der Waals surface area contributed by atoms with Crippen LogP contribution in [0.25, 0.3) is 0 Å². The second-order valence-corrected chi connectivity index (χ2v) is 4.89. The number of hydrogen-bond acceptors (Lipinski definition) is 2. The Hall–Kier alpha value is -1.84. The summed E-state index contributed by atoms with van der Waals surface area (Å²) in [6, 6.07) is 6.15. The average molecular weight is 246 g/mol. The Balaban J connectivity index is 1.89. The van der Waals surface area contributed by atoms with Gasteiger partial charge in [0.05, 0.1) is 0 Å². The Morgan fingerprint density at radius 3 is 2.61 bits per heavy atom. The molecule has 1 saturated carbocycles. The van der Waals surface area contributed by atoms with Gasteiger partial charge in [0.2, 0.25) is 11.8 Å². The molecule has 4 heteroatoms. The lowest BCUT2D eigenvalue weighted by Crippen LogP contribution is -2.29. The Bertz CT molecular complexity index is 479. The lowest BCUT2D eigenvalue weighted by molar-refractivity contribution is -0.126. The average Bonchev–Trinajstić information content (AvgIpc) is 3.07. The largest absolute Gasteiger partial charge is 0.353 e. The van der Waals surface area contributed by atoms with E-state index >= 15 is 0 Å². The third-order valence-corrected chi connectivity index (χ3v) is 2.93. The number of benzene rings is 1. The highest BCUT2D eigenvalue weighted by atomic mass is 16.2. The lowest BCUT2D eigenvalue weighted by Gasteiger charge is -2.09. The van der Waals surface area contributed by atoms with E-state index in [1.165, 1.54) is 0 Å². The van der Waals surface area contributed by atoms with E-state index in [0.717, 1.165) is 29.7 Å². The van der Waals surface area contributed by atoms with Crippen molar-refractivity contribution in [3.63, 3.8) is 0 Å². The van der Waals surface area contributed by atoms with Gasteiger partial charge in [-0.3, -0.25) is 9.59 Å². The normalized spacial score (nSPS) is 14.1. The molecule has 18 heavy (non-hydrogen) atoms. The van der Waals surface area contributed by atoms with E-state index < -0.39 is 0 Å². The van der Waals surface area contributed by atoms with Crippen LogP contribution in [0.1, 0.15) is 30.4 Å². The molecule has 0 saturated heterocycles. The molecule has 1 aliphatic carbocycles. The first-order chi connectivity index (χ1) is 8.54. The molecule has 1 aliphatic rings. The summed E-state index contributed by atoms with van der Waals surface area (Å²) in [4.78, 5) is 23.2. The molecule has 1 fully saturated rings. The molecule has 96 valence electrons. The fourth-order valence-corrected chi connectivity index (χ4v) is 1.72. The molecule has 2 N–H and O–H groups in total. The van der Waals surface area contributed by atoms with Crippen LogP contribution in [0.3, 0.4) is 0 Å². The van der Waals surface area contributed by atoms with Gasteiger partial charge >= 0.3 is 0 Å². The second kappa shape index (κ2) is 5.21. The third kappa shape index (κ3) is 3.58. The summed E-state index contributed by atoms with van der Waals surface area (Å²) in [5, 5.41) is 5.57. The van der Waals surface area contributed by atoms with Crippen LogP contribution < -0.4 is 10.6 Å². The fourth-order valence-electron chi connectivity index (χ4n) is 1.72. The minimum Gasteiger partial charge on any atom is -0.353 e. The van der Waals surface area contributed by atoms with E-state index in [1.54, 1.807) is 0 Å². The zero-order valence-corrected chi connectivity index (χ0v) is 10.7. The SMILES string of the molecule is Cc1ccc(C)c(NC(=O)CC(=O)NC2CC2)c1. The van der Waals surface area contributed by atoms with Crippen molar-refractivity contribution in [1.29, 1.82) is 0 Å². The van der Waals surface area contributed by atoms with Crippen LogP contribution in [0.5, 0.6) is 0 Å². The minimum atomic E-state index is -0.262. The number of rotatable bonds is 4. The number of carbonyl (C=O) groups excluding carboxylic acids is 2. The maximum absolute atomic E-state index is 11.7. The Morgan fingerprint density at radius 1 is 1.22 bits per heavy atom. The van der Waals surface area contributed by atoms with E-state index in [2.05, 4.69) is 10.6 Å². The van der Waals surface area contributed by atoms with Gasteiger partial charge < -0.3 is 10.6 Å². The maximum atomic E-state index is 11.7. The molecule has 0 spiro atoms. The molecule has 2 amide bonds. The van der Waals surface area contributed by atoms with Crippen molar-refractivity contribution < 1.29 is 9.59 Å². The van der Waals surface area contributed by atoms with Gasteiger partial charge in [-0.15, -0.1) is 0 Å². The summed E-state index contributed by atoms with van der Waals surface area (Å²) >= 11 is 0. The Morgan fingerprint density at radius 2 is 1.94 bits per heavy atom. The molecule has 0 atom stereocenters. The molecule has 2 rings (SSSR count). The van der Waals surface area contributed by atoms with Crippen LogP contribution in [-0.4, -0.2) is 17.9 Å². The van der Waals surface area contributed by atoms with Crippen LogP contribution in [0.15, 0.2) is 18.2 Å². The molecule has 0 aliphatic heterocycles. The predicted octanol–water partition coefficient (Wildman–Crippen LogP) is 1.91. The summed E-state index contributed by atoms with van der Waals surface area (Å²) in [7, 11) is 0. The van der Waals surface area contributed by atoms with Crippen LogP contribution in [0, 0.1) is 13.8 Å². The van der Waals surface area contributed by atoms with Gasteiger partial charge in [-0.1, -0.05) is 12.1 Å². The highest BCUT2D eigenvalue weighted by molar-refractivity contribution is 6.04. The van der Waals surface area contributed by atoms with Gasteiger partial charge in [-0.25, -0.2) is 0 Å². The zero-order valence-electron chi connectivity index (χ0n) is 10.7. The van der Waals surface area contributed by atoms with Crippen molar-refractivity contribution in [2.45, 2.75) is 39.2 Å². The van der Waals surface area contributed by atoms with Crippen molar-refractivity contribution in [3.8, 4) is 0 Å². The molecule has 0 radical (unpaired) electrons. The van der Waals surface area contributed by atoms with Crippen molar-refractivity contribution in [2.75, 3.05) is 5.32 Å². The highest BCUT2D eigenvalue weighted by Gasteiger charge is 2.24. The Kier molecular flexibility index (Phi) is 3.65. The molecule has 1 aromatic rings. The molecular formula is C14H18N2O2. The standard InChI is InChI=1S/C14H18N2O2/c1-9-3-4-10(2)12(7-9)16-14(18)8-13(17)15-11-5-6-11/h3-4,7,11H,5-6,8H2,1-2H3,(H,15,17)(H,16,18). The summed E-state index contributed by atoms with van der Waals surface area (Å²) < 4.78 is 0. The van der Waals surface area contributed by atoms with Gasteiger partial charge in [0, 0.05) is 11.7 Å². The number of anilines is 1. The third-order valence-electron chi connectivity index (χ3n) is 2.93. The molecule has 0 unspecified atom stereocenters. The first kappa shape index (κ1) is 12.6.